The van der Waals surface area contributed by atoms with Gasteiger partial charge in [0.05, 0.1) is 30.2 Å². The monoisotopic (exact) mass is 556 g/mol. The van der Waals surface area contributed by atoms with E-state index < -0.39 is 5.60 Å². The Hall–Kier alpha value is -4.21. The molecule has 1 amide bonds. The molecule has 2 saturated heterocycles. The third kappa shape index (κ3) is 4.61. The van der Waals surface area contributed by atoms with E-state index in [4.69, 9.17) is 31.9 Å². The number of rotatable bonds is 6. The molecule has 2 aromatic heterocycles. The van der Waals surface area contributed by atoms with E-state index in [2.05, 4.69) is 23.1 Å². The summed E-state index contributed by atoms with van der Waals surface area (Å²) in [6, 6.07) is 13.1. The standard InChI is InChI=1S/C30H29ClN6O3/c1-4-25(38)36-12-11-30(16-36)14-20(15-39-30)37-29-26(28(32)33-17-34-29)27(35-37)19-5-7-21(8-6-19)40-22-9-10-24(31)23(13-22)18(2)3/h4-10,13,17,20H,1-2,11-12,14-16H2,3H3,(H2,32,33,34). The lowest BCUT2D eigenvalue weighted by atomic mass is 9.97. The smallest absolute Gasteiger partial charge is 0.246 e. The van der Waals surface area contributed by atoms with Gasteiger partial charge in [-0.25, -0.2) is 14.6 Å². The number of anilines is 1. The Morgan fingerprint density at radius 2 is 2.00 bits per heavy atom. The number of nitrogens with two attached hydrogens (primary N) is 1. The SMILES string of the molecule is C=CC(=O)N1CCC2(CC(n3nc(-c4ccc(Oc5ccc(Cl)c(C(=C)C)c5)cc4)c4c(N)ncnc43)CO2)C1. The molecule has 2 fully saturated rings. The molecule has 1 spiro atoms. The first kappa shape index (κ1) is 26.0. The number of likely N-dealkylation sites (tertiary alicyclic amines) is 1. The van der Waals surface area contributed by atoms with Crippen LogP contribution in [0.25, 0.3) is 27.9 Å². The Balaban J connectivity index is 1.28. The van der Waals surface area contributed by atoms with E-state index in [1.54, 1.807) is 11.0 Å². The zero-order chi connectivity index (χ0) is 28.0. The number of allylic oxidation sites excluding steroid dienone is 1. The number of halogens is 1. The highest BCUT2D eigenvalue weighted by molar-refractivity contribution is 6.32. The number of hydrogen-bond donors (Lipinski definition) is 1. The molecule has 4 heterocycles. The Kier molecular flexibility index (Phi) is 6.56. The minimum absolute atomic E-state index is 0.0562. The van der Waals surface area contributed by atoms with Crippen LogP contribution in [0.3, 0.4) is 0 Å². The lowest BCUT2D eigenvalue weighted by molar-refractivity contribution is -0.126. The molecule has 2 aliphatic heterocycles. The Bertz CT molecular complexity index is 1650. The van der Waals surface area contributed by atoms with Gasteiger partial charge in [0.25, 0.3) is 0 Å². The zero-order valence-electron chi connectivity index (χ0n) is 22.1. The van der Waals surface area contributed by atoms with Crippen molar-refractivity contribution in [3.05, 3.63) is 78.6 Å². The number of benzene rings is 2. The summed E-state index contributed by atoms with van der Waals surface area (Å²) >= 11 is 6.28. The van der Waals surface area contributed by atoms with Crippen molar-refractivity contribution < 1.29 is 14.3 Å². The third-order valence-corrected chi connectivity index (χ3v) is 7.95. The largest absolute Gasteiger partial charge is 0.457 e. The molecule has 9 nitrogen and oxygen atoms in total. The number of carbonyl (C=O) groups is 1. The minimum Gasteiger partial charge on any atom is -0.457 e. The van der Waals surface area contributed by atoms with E-state index in [0.717, 1.165) is 23.1 Å². The second-order valence-electron chi connectivity index (χ2n) is 10.4. The van der Waals surface area contributed by atoms with E-state index in [1.165, 1.54) is 12.4 Å². The second kappa shape index (κ2) is 10.1. The van der Waals surface area contributed by atoms with Crippen molar-refractivity contribution in [2.75, 3.05) is 25.4 Å². The average Bonchev–Trinajstić information content (AvgIpc) is 3.67. The summed E-state index contributed by atoms with van der Waals surface area (Å²) in [5.74, 6) is 1.61. The molecule has 204 valence electrons. The highest BCUT2D eigenvalue weighted by Gasteiger charge is 2.47. The summed E-state index contributed by atoms with van der Waals surface area (Å²) in [6.45, 7) is 11.2. The summed E-state index contributed by atoms with van der Waals surface area (Å²) in [6.07, 6.45) is 4.29. The molecule has 0 radical (unpaired) electrons. The van der Waals surface area contributed by atoms with Crippen LogP contribution < -0.4 is 10.5 Å². The number of ether oxygens (including phenoxy) is 2. The predicted octanol–water partition coefficient (Wildman–Crippen LogP) is 5.67. The first-order valence-corrected chi connectivity index (χ1v) is 13.4. The molecule has 2 unspecified atom stereocenters. The lowest BCUT2D eigenvalue weighted by Gasteiger charge is -2.22. The summed E-state index contributed by atoms with van der Waals surface area (Å²) in [5.41, 5.74) is 9.84. The fourth-order valence-electron chi connectivity index (χ4n) is 5.59. The van der Waals surface area contributed by atoms with E-state index in [0.29, 0.717) is 65.2 Å². The average molecular weight is 557 g/mol. The molecule has 4 aromatic rings. The van der Waals surface area contributed by atoms with Gasteiger partial charge in [-0.2, -0.15) is 5.10 Å². The van der Waals surface area contributed by atoms with Gasteiger partial charge < -0.3 is 20.1 Å². The van der Waals surface area contributed by atoms with Gasteiger partial charge in [-0.15, -0.1) is 0 Å². The fourth-order valence-corrected chi connectivity index (χ4v) is 5.87. The molecule has 0 aliphatic carbocycles. The Labute approximate surface area is 236 Å². The molecule has 2 aliphatic rings. The van der Waals surface area contributed by atoms with Crippen LogP contribution in [0.15, 0.2) is 68.0 Å². The number of fused-ring (bicyclic) bond motifs is 1. The molecule has 2 N–H and O–H groups in total. The first-order chi connectivity index (χ1) is 19.3. The van der Waals surface area contributed by atoms with Crippen molar-refractivity contribution in [3.63, 3.8) is 0 Å². The molecular weight excluding hydrogens is 528 g/mol. The summed E-state index contributed by atoms with van der Waals surface area (Å²) in [4.78, 5) is 22.7. The highest BCUT2D eigenvalue weighted by Crippen LogP contribution is 2.42. The van der Waals surface area contributed by atoms with Crippen molar-refractivity contribution in [1.82, 2.24) is 24.6 Å². The van der Waals surface area contributed by atoms with Crippen molar-refractivity contribution in [2.45, 2.75) is 31.4 Å². The van der Waals surface area contributed by atoms with Gasteiger partial charge in [0, 0.05) is 23.6 Å². The predicted molar refractivity (Wildman–Crippen MR) is 155 cm³/mol. The van der Waals surface area contributed by atoms with Crippen molar-refractivity contribution in [3.8, 4) is 22.8 Å². The maximum Gasteiger partial charge on any atom is 0.246 e. The maximum atomic E-state index is 12.1. The highest BCUT2D eigenvalue weighted by atomic mass is 35.5. The van der Waals surface area contributed by atoms with Gasteiger partial charge in [0.2, 0.25) is 5.91 Å². The number of hydrogen-bond acceptors (Lipinski definition) is 7. The molecule has 40 heavy (non-hydrogen) atoms. The van der Waals surface area contributed by atoms with E-state index in [-0.39, 0.29) is 11.9 Å². The van der Waals surface area contributed by atoms with Crippen LogP contribution in [0.5, 0.6) is 11.5 Å². The molecule has 10 heteroatoms. The number of aromatic nitrogens is 4. The third-order valence-electron chi connectivity index (χ3n) is 7.62. The van der Waals surface area contributed by atoms with Gasteiger partial charge in [-0.05, 0) is 73.0 Å². The van der Waals surface area contributed by atoms with Gasteiger partial charge in [-0.3, -0.25) is 4.79 Å². The van der Waals surface area contributed by atoms with Crippen LogP contribution in [0.1, 0.15) is 31.4 Å². The molecule has 0 saturated carbocycles. The normalized spacial score (nSPS) is 20.4. The Morgan fingerprint density at radius 3 is 2.75 bits per heavy atom. The fraction of sp³-hybridized carbons (Fsp3) is 0.267. The number of nitrogen functional groups attached to an aromatic ring is 1. The maximum absolute atomic E-state index is 12.1. The molecule has 2 atom stereocenters. The van der Waals surface area contributed by atoms with E-state index in [1.807, 2.05) is 48.0 Å². The molecule has 6 rings (SSSR count). The van der Waals surface area contributed by atoms with Crippen molar-refractivity contribution in [2.24, 2.45) is 0 Å². The summed E-state index contributed by atoms with van der Waals surface area (Å²) < 4.78 is 14.3. The number of carbonyl (C=O) groups excluding carboxylic acids is 1. The van der Waals surface area contributed by atoms with E-state index >= 15 is 0 Å². The topological polar surface area (TPSA) is 108 Å². The van der Waals surface area contributed by atoms with Gasteiger partial charge >= 0.3 is 0 Å². The van der Waals surface area contributed by atoms with Crippen LogP contribution in [0, 0.1) is 0 Å². The first-order valence-electron chi connectivity index (χ1n) is 13.0. The van der Waals surface area contributed by atoms with Crippen LogP contribution >= 0.6 is 11.6 Å². The van der Waals surface area contributed by atoms with Gasteiger partial charge in [-0.1, -0.05) is 24.8 Å². The van der Waals surface area contributed by atoms with Crippen molar-refractivity contribution in [1.29, 1.82) is 0 Å². The van der Waals surface area contributed by atoms with Crippen LogP contribution in [-0.2, 0) is 9.53 Å². The van der Waals surface area contributed by atoms with Crippen LogP contribution in [-0.4, -0.2) is 55.9 Å². The van der Waals surface area contributed by atoms with E-state index in [9.17, 15) is 4.79 Å². The van der Waals surface area contributed by atoms with Gasteiger partial charge in [0.1, 0.15) is 29.3 Å². The minimum atomic E-state index is -0.398. The summed E-state index contributed by atoms with van der Waals surface area (Å²) in [5, 5.41) is 6.30. The van der Waals surface area contributed by atoms with Crippen molar-refractivity contribution >= 4 is 39.9 Å². The van der Waals surface area contributed by atoms with Gasteiger partial charge in [0.15, 0.2) is 5.65 Å². The zero-order valence-corrected chi connectivity index (χ0v) is 22.9. The number of nitrogens with zero attached hydrogens (tertiary/aromatic N) is 5. The summed E-state index contributed by atoms with van der Waals surface area (Å²) in [7, 11) is 0. The number of amides is 1. The molecule has 0 bridgehead atoms. The quantitative estimate of drug-likeness (QED) is 0.305. The molecular formula is C30H29ClN6O3. The Morgan fingerprint density at radius 1 is 1.23 bits per heavy atom. The van der Waals surface area contributed by atoms with Crippen LogP contribution in [0.4, 0.5) is 5.82 Å². The van der Waals surface area contributed by atoms with Crippen LogP contribution in [0.2, 0.25) is 5.02 Å². The molecule has 2 aromatic carbocycles. The second-order valence-corrected chi connectivity index (χ2v) is 10.8. The lowest BCUT2D eigenvalue weighted by Crippen LogP contribution is -2.35.